The molecule has 0 saturated carbocycles. The van der Waals surface area contributed by atoms with Gasteiger partial charge in [-0.15, -0.1) is 0 Å². The number of carboxylic acid groups (broad SMARTS) is 1. The molecule has 0 bridgehead atoms. The van der Waals surface area contributed by atoms with E-state index in [1.54, 1.807) is 27.7 Å². The zero-order valence-electron chi connectivity index (χ0n) is 14.3. The van der Waals surface area contributed by atoms with Gasteiger partial charge < -0.3 is 14.7 Å². The molecule has 0 spiro atoms. The van der Waals surface area contributed by atoms with E-state index >= 15 is 0 Å². The average Bonchev–Trinajstić information content (AvgIpc) is 2.39. The van der Waals surface area contributed by atoms with Gasteiger partial charge >= 0.3 is 19.8 Å². The molecular weight excluding hydrogens is 327 g/mol. The zero-order valence-corrected chi connectivity index (χ0v) is 15.2. The lowest BCUT2D eigenvalue weighted by Crippen LogP contribution is -2.03. The number of ether oxygens (including phenoxy) is 1. The third-order valence-corrected chi connectivity index (χ3v) is 2.74. The fourth-order valence-corrected chi connectivity index (χ4v) is 1.34. The van der Waals surface area contributed by atoms with Gasteiger partial charge in [0, 0.05) is 11.1 Å². The lowest BCUT2D eigenvalue weighted by atomic mass is 10.4. The SMILES string of the molecule is C=C(C)C(=O)O.C=C(C)C(=O)OCC.CCOP(=O)(O)OCC. The lowest BCUT2D eigenvalue weighted by molar-refractivity contribution is -0.138. The molecule has 0 aliphatic heterocycles. The summed E-state index contributed by atoms with van der Waals surface area (Å²) in [5, 5.41) is 7.89. The Labute approximate surface area is 137 Å². The van der Waals surface area contributed by atoms with Crippen molar-refractivity contribution in [1.29, 1.82) is 0 Å². The summed E-state index contributed by atoms with van der Waals surface area (Å²) < 4.78 is 23.8. The first-order valence-electron chi connectivity index (χ1n) is 6.78. The minimum Gasteiger partial charge on any atom is -0.478 e. The van der Waals surface area contributed by atoms with E-state index in [0.717, 1.165) is 0 Å². The summed E-state index contributed by atoms with van der Waals surface area (Å²) in [4.78, 5) is 28.6. The maximum Gasteiger partial charge on any atom is 0.472 e. The number of carbonyl (C=O) groups is 2. The molecule has 0 heterocycles. The van der Waals surface area contributed by atoms with E-state index in [1.165, 1.54) is 6.92 Å². The van der Waals surface area contributed by atoms with Gasteiger partial charge in [-0.1, -0.05) is 13.2 Å². The molecule has 0 aromatic carbocycles. The molecule has 0 aromatic heterocycles. The molecule has 0 atom stereocenters. The minimum atomic E-state index is -3.69. The fraction of sp³-hybridized carbons (Fsp3) is 0.571. The van der Waals surface area contributed by atoms with E-state index in [0.29, 0.717) is 12.2 Å². The molecule has 0 amide bonds. The zero-order chi connectivity index (χ0) is 19.1. The summed E-state index contributed by atoms with van der Waals surface area (Å²) in [5.74, 6) is -1.25. The molecular formula is C14H27O8P. The molecule has 8 nitrogen and oxygen atoms in total. The molecule has 23 heavy (non-hydrogen) atoms. The standard InChI is InChI=1S/C6H10O2.C4H11O4P.C4H6O2/c1-4-8-6(7)5(2)3;1-3-7-9(5,6)8-4-2;1-3(2)4(5)6/h2,4H2,1,3H3;3-4H2,1-2H3,(H,5,6);1H2,2H3,(H,5,6). The summed E-state index contributed by atoms with van der Waals surface area (Å²) in [6.07, 6.45) is 0. The Morgan fingerprint density at radius 2 is 1.30 bits per heavy atom. The van der Waals surface area contributed by atoms with Crippen molar-refractivity contribution < 1.29 is 37.9 Å². The van der Waals surface area contributed by atoms with Crippen LogP contribution in [-0.2, 0) is 27.9 Å². The van der Waals surface area contributed by atoms with Crippen molar-refractivity contribution in [2.45, 2.75) is 34.6 Å². The van der Waals surface area contributed by atoms with E-state index in [2.05, 4.69) is 26.9 Å². The van der Waals surface area contributed by atoms with E-state index in [4.69, 9.17) is 10.00 Å². The van der Waals surface area contributed by atoms with Crippen molar-refractivity contribution in [2.75, 3.05) is 19.8 Å². The smallest absolute Gasteiger partial charge is 0.472 e. The van der Waals surface area contributed by atoms with Crippen molar-refractivity contribution >= 4 is 19.8 Å². The van der Waals surface area contributed by atoms with Crippen LogP contribution in [0.25, 0.3) is 0 Å². The molecule has 0 aliphatic carbocycles. The number of carbonyl (C=O) groups excluding carboxylic acids is 1. The number of hydrogen-bond acceptors (Lipinski definition) is 6. The monoisotopic (exact) mass is 354 g/mol. The molecule has 2 N–H and O–H groups in total. The van der Waals surface area contributed by atoms with Crippen molar-refractivity contribution in [3.8, 4) is 0 Å². The Kier molecular flexibility index (Phi) is 17.7. The van der Waals surface area contributed by atoms with E-state index in [9.17, 15) is 14.2 Å². The van der Waals surface area contributed by atoms with Crippen molar-refractivity contribution in [3.05, 3.63) is 24.3 Å². The van der Waals surface area contributed by atoms with E-state index < -0.39 is 13.8 Å². The maximum atomic E-state index is 10.5. The van der Waals surface area contributed by atoms with Crippen LogP contribution in [0.4, 0.5) is 0 Å². The molecule has 0 aromatic rings. The second kappa shape index (κ2) is 15.4. The minimum absolute atomic E-state index is 0.176. The first-order chi connectivity index (χ1) is 10.4. The van der Waals surface area contributed by atoms with Gasteiger partial charge in [-0.2, -0.15) is 0 Å². The molecule has 0 aliphatic rings. The summed E-state index contributed by atoms with van der Waals surface area (Å²) in [6.45, 7) is 15.4. The predicted molar refractivity (Wildman–Crippen MR) is 87.0 cm³/mol. The van der Waals surface area contributed by atoms with Gasteiger partial charge in [-0.3, -0.25) is 9.05 Å². The number of hydrogen-bond donors (Lipinski definition) is 2. The highest BCUT2D eigenvalue weighted by Crippen LogP contribution is 2.42. The van der Waals surface area contributed by atoms with Crippen LogP contribution >= 0.6 is 7.82 Å². The van der Waals surface area contributed by atoms with Crippen LogP contribution < -0.4 is 0 Å². The van der Waals surface area contributed by atoms with Gasteiger partial charge in [0.05, 0.1) is 19.8 Å². The molecule has 0 radical (unpaired) electrons. The van der Waals surface area contributed by atoms with Gasteiger partial charge in [0.2, 0.25) is 0 Å². The van der Waals surface area contributed by atoms with E-state index in [-0.39, 0.29) is 24.8 Å². The third-order valence-electron chi connectivity index (χ3n) is 1.57. The van der Waals surface area contributed by atoms with E-state index in [1.807, 2.05) is 0 Å². The highest BCUT2D eigenvalue weighted by Gasteiger charge is 2.17. The Bertz CT molecular complexity index is 408. The van der Waals surface area contributed by atoms with Crippen molar-refractivity contribution in [3.63, 3.8) is 0 Å². The van der Waals surface area contributed by atoms with Crippen LogP contribution in [-0.4, -0.2) is 41.8 Å². The van der Waals surface area contributed by atoms with Crippen LogP contribution in [0.2, 0.25) is 0 Å². The number of phosphoric acid groups is 1. The molecule has 0 saturated heterocycles. The van der Waals surface area contributed by atoms with Crippen LogP contribution in [0.1, 0.15) is 34.6 Å². The van der Waals surface area contributed by atoms with Gasteiger partial charge in [0.15, 0.2) is 0 Å². The maximum absolute atomic E-state index is 10.5. The van der Waals surface area contributed by atoms with Crippen LogP contribution in [0.15, 0.2) is 24.3 Å². The highest BCUT2D eigenvalue weighted by molar-refractivity contribution is 7.47. The first kappa shape index (κ1) is 26.4. The van der Waals surface area contributed by atoms with Gasteiger partial charge in [-0.25, -0.2) is 14.2 Å². The normalized spacial score (nSPS) is 9.48. The van der Waals surface area contributed by atoms with Gasteiger partial charge in [0.25, 0.3) is 0 Å². The Balaban J connectivity index is -0.000000266. The average molecular weight is 354 g/mol. The van der Waals surface area contributed by atoms with Gasteiger partial charge in [0.1, 0.15) is 0 Å². The number of esters is 1. The van der Waals surface area contributed by atoms with Gasteiger partial charge in [-0.05, 0) is 34.6 Å². The summed E-state index contributed by atoms with van der Waals surface area (Å²) in [5.41, 5.74) is 0.627. The molecule has 0 fully saturated rings. The molecule has 9 heteroatoms. The van der Waals surface area contributed by atoms with Crippen LogP contribution in [0, 0.1) is 0 Å². The number of aliphatic carboxylic acids is 1. The Morgan fingerprint density at radius 1 is 0.957 bits per heavy atom. The van der Waals surface area contributed by atoms with Crippen LogP contribution in [0.3, 0.4) is 0 Å². The highest BCUT2D eigenvalue weighted by atomic mass is 31.2. The molecule has 136 valence electrons. The summed E-state index contributed by atoms with van der Waals surface area (Å²) in [7, 11) is -3.69. The third kappa shape index (κ3) is 22.9. The predicted octanol–water partition coefficient (Wildman–Crippen LogP) is 2.93. The summed E-state index contributed by atoms with van der Waals surface area (Å²) >= 11 is 0. The Hall–Kier alpha value is -1.47. The van der Waals surface area contributed by atoms with Crippen molar-refractivity contribution in [2.24, 2.45) is 0 Å². The molecule has 0 unspecified atom stereocenters. The number of carboxylic acids is 1. The quantitative estimate of drug-likeness (QED) is 0.407. The molecule has 0 rings (SSSR count). The largest absolute Gasteiger partial charge is 0.478 e. The number of phosphoric ester groups is 1. The fourth-order valence-electron chi connectivity index (χ4n) is 0.618. The van der Waals surface area contributed by atoms with Crippen molar-refractivity contribution in [1.82, 2.24) is 0 Å². The lowest BCUT2D eigenvalue weighted by Gasteiger charge is -2.07. The summed E-state index contributed by atoms with van der Waals surface area (Å²) in [6, 6.07) is 0. The second-order valence-electron chi connectivity index (χ2n) is 3.89. The second-order valence-corrected chi connectivity index (χ2v) is 5.34. The Morgan fingerprint density at radius 3 is 1.43 bits per heavy atom. The first-order valence-corrected chi connectivity index (χ1v) is 8.27. The number of rotatable bonds is 7. The topological polar surface area (TPSA) is 119 Å². The van der Waals surface area contributed by atoms with Crippen LogP contribution in [0.5, 0.6) is 0 Å².